The van der Waals surface area contributed by atoms with Crippen LogP contribution in [0.2, 0.25) is 0 Å². The first-order chi connectivity index (χ1) is 7.36. The van der Waals surface area contributed by atoms with Crippen molar-refractivity contribution in [3.8, 4) is 0 Å². The summed E-state index contributed by atoms with van der Waals surface area (Å²) in [4.78, 5) is 22.4. The number of alkyl halides is 2. The highest BCUT2D eigenvalue weighted by atomic mass is 35.5. The molecule has 6 nitrogen and oxygen atoms in total. The first-order valence-corrected chi connectivity index (χ1v) is 5.51. The summed E-state index contributed by atoms with van der Waals surface area (Å²) >= 11 is 11.3. The van der Waals surface area contributed by atoms with Crippen LogP contribution in [0.4, 0.5) is 9.59 Å². The quantitative estimate of drug-likeness (QED) is 0.593. The molecule has 0 bridgehead atoms. The summed E-state index contributed by atoms with van der Waals surface area (Å²) in [5, 5.41) is 17.8. The Kier molecular flexibility index (Phi) is 6.28. The maximum Gasteiger partial charge on any atom is 0.409 e. The number of amides is 2. The fourth-order valence-corrected chi connectivity index (χ4v) is 1.86. The third-order valence-electron chi connectivity index (χ3n) is 2.04. The van der Waals surface area contributed by atoms with Gasteiger partial charge < -0.3 is 10.2 Å². The molecule has 0 atom stereocenters. The molecule has 0 saturated heterocycles. The van der Waals surface area contributed by atoms with Crippen LogP contribution in [-0.4, -0.2) is 56.3 Å². The summed E-state index contributed by atoms with van der Waals surface area (Å²) in [6, 6.07) is 0. The van der Waals surface area contributed by atoms with Gasteiger partial charge in [0.25, 0.3) is 0 Å². The predicted molar refractivity (Wildman–Crippen MR) is 60.1 cm³/mol. The number of hydrogen-bond acceptors (Lipinski definition) is 2. The summed E-state index contributed by atoms with van der Waals surface area (Å²) in [7, 11) is 0. The minimum atomic E-state index is -1.27. The lowest BCUT2D eigenvalue weighted by atomic mass is 10.4. The maximum atomic E-state index is 10.9. The largest absolute Gasteiger partial charge is 0.465 e. The minimum Gasteiger partial charge on any atom is -0.465 e. The van der Waals surface area contributed by atoms with Gasteiger partial charge in [0.1, 0.15) is 11.0 Å². The highest BCUT2D eigenvalue weighted by Crippen LogP contribution is 2.19. The normalized spacial score (nSPS) is 10.6. The standard InChI is InChI=1S/C8H14Cl2N2O4/c1-3-11(7(13)14)6(5(9)10)12(4-2)8(15)16/h5-6H,3-4H2,1-2H3,(H,13,14)(H,15,16). The van der Waals surface area contributed by atoms with Crippen LogP contribution in [0, 0.1) is 0 Å². The molecule has 0 spiro atoms. The number of carbonyl (C=O) groups is 2. The molecule has 0 aromatic heterocycles. The van der Waals surface area contributed by atoms with E-state index >= 15 is 0 Å². The van der Waals surface area contributed by atoms with Crippen molar-refractivity contribution in [2.24, 2.45) is 0 Å². The second-order valence-electron chi connectivity index (χ2n) is 2.89. The van der Waals surface area contributed by atoms with Gasteiger partial charge in [0, 0.05) is 13.1 Å². The van der Waals surface area contributed by atoms with Crippen LogP contribution < -0.4 is 0 Å². The molecule has 0 aliphatic rings. The van der Waals surface area contributed by atoms with Gasteiger partial charge in [-0.15, -0.1) is 23.2 Å². The average Bonchev–Trinajstić information content (AvgIpc) is 2.16. The average molecular weight is 273 g/mol. The van der Waals surface area contributed by atoms with Gasteiger partial charge in [0.05, 0.1) is 0 Å². The zero-order chi connectivity index (χ0) is 12.9. The highest BCUT2D eigenvalue weighted by Gasteiger charge is 2.34. The first-order valence-electron chi connectivity index (χ1n) is 4.64. The van der Waals surface area contributed by atoms with E-state index in [1.807, 2.05) is 0 Å². The summed E-state index contributed by atoms with van der Waals surface area (Å²) in [6.45, 7) is 3.35. The van der Waals surface area contributed by atoms with E-state index in [0.717, 1.165) is 9.80 Å². The Morgan fingerprint density at radius 1 is 1.06 bits per heavy atom. The van der Waals surface area contributed by atoms with Crippen LogP contribution in [-0.2, 0) is 0 Å². The van der Waals surface area contributed by atoms with Crippen molar-refractivity contribution >= 4 is 35.4 Å². The molecule has 0 rings (SSSR count). The van der Waals surface area contributed by atoms with Gasteiger partial charge in [0.15, 0.2) is 0 Å². The third-order valence-corrected chi connectivity index (χ3v) is 2.49. The van der Waals surface area contributed by atoms with E-state index < -0.39 is 23.2 Å². The SMILES string of the molecule is CCN(C(=O)O)C(C(Cl)Cl)N(CC)C(=O)O. The number of halogens is 2. The van der Waals surface area contributed by atoms with Gasteiger partial charge >= 0.3 is 12.2 Å². The molecule has 0 aromatic rings. The molecule has 2 amide bonds. The Labute approximate surface area is 103 Å². The topological polar surface area (TPSA) is 81.1 Å². The van der Waals surface area contributed by atoms with Gasteiger partial charge in [-0.25, -0.2) is 9.59 Å². The monoisotopic (exact) mass is 272 g/mol. The molecule has 0 heterocycles. The van der Waals surface area contributed by atoms with Gasteiger partial charge in [-0.3, -0.25) is 9.80 Å². The van der Waals surface area contributed by atoms with Crippen LogP contribution in [0.5, 0.6) is 0 Å². The van der Waals surface area contributed by atoms with Crippen LogP contribution in [0.1, 0.15) is 13.8 Å². The summed E-state index contributed by atoms with van der Waals surface area (Å²) in [5.41, 5.74) is 0. The second kappa shape index (κ2) is 6.65. The lowest BCUT2D eigenvalue weighted by Gasteiger charge is -2.36. The van der Waals surface area contributed by atoms with Crippen molar-refractivity contribution in [1.29, 1.82) is 0 Å². The van der Waals surface area contributed by atoms with Crippen LogP contribution in [0.3, 0.4) is 0 Å². The first kappa shape index (κ1) is 15.1. The molecule has 94 valence electrons. The summed E-state index contributed by atoms with van der Waals surface area (Å²) in [5.74, 6) is 0. The van der Waals surface area contributed by atoms with Crippen molar-refractivity contribution in [1.82, 2.24) is 9.80 Å². The van der Waals surface area contributed by atoms with Crippen LogP contribution >= 0.6 is 23.2 Å². The minimum absolute atomic E-state index is 0.0969. The van der Waals surface area contributed by atoms with E-state index in [0.29, 0.717) is 0 Å². The van der Waals surface area contributed by atoms with Gasteiger partial charge in [-0.1, -0.05) is 0 Å². The Morgan fingerprint density at radius 2 is 1.38 bits per heavy atom. The smallest absolute Gasteiger partial charge is 0.409 e. The van der Waals surface area contributed by atoms with Gasteiger partial charge in [-0.2, -0.15) is 0 Å². The second-order valence-corrected chi connectivity index (χ2v) is 4.05. The Balaban J connectivity index is 5.10. The Hall–Kier alpha value is -0.880. The maximum absolute atomic E-state index is 10.9. The van der Waals surface area contributed by atoms with E-state index in [1.54, 1.807) is 13.8 Å². The van der Waals surface area contributed by atoms with E-state index in [4.69, 9.17) is 33.4 Å². The molecule has 8 heteroatoms. The summed E-state index contributed by atoms with van der Waals surface area (Å²) in [6.07, 6.45) is -3.63. The number of carboxylic acid groups (broad SMARTS) is 2. The fourth-order valence-electron chi connectivity index (χ4n) is 1.31. The molecular formula is C8H14Cl2N2O4. The van der Waals surface area contributed by atoms with Crippen LogP contribution in [0.15, 0.2) is 0 Å². The molecule has 0 aliphatic carbocycles. The summed E-state index contributed by atoms with van der Waals surface area (Å²) < 4.78 is 0. The highest BCUT2D eigenvalue weighted by molar-refractivity contribution is 6.44. The molecule has 16 heavy (non-hydrogen) atoms. The number of hydrogen-bond donors (Lipinski definition) is 2. The zero-order valence-electron chi connectivity index (χ0n) is 8.93. The van der Waals surface area contributed by atoms with Crippen molar-refractivity contribution in [2.75, 3.05) is 13.1 Å². The van der Waals surface area contributed by atoms with Gasteiger partial charge in [0.2, 0.25) is 0 Å². The molecular weight excluding hydrogens is 259 g/mol. The molecule has 2 N–H and O–H groups in total. The van der Waals surface area contributed by atoms with Crippen molar-refractivity contribution in [3.05, 3.63) is 0 Å². The Morgan fingerprint density at radius 3 is 1.50 bits per heavy atom. The van der Waals surface area contributed by atoms with Crippen molar-refractivity contribution < 1.29 is 19.8 Å². The molecule has 0 unspecified atom stereocenters. The Bertz CT molecular complexity index is 240. The molecule has 0 fully saturated rings. The van der Waals surface area contributed by atoms with Crippen molar-refractivity contribution in [3.63, 3.8) is 0 Å². The lowest BCUT2D eigenvalue weighted by Crippen LogP contribution is -2.55. The van der Waals surface area contributed by atoms with Gasteiger partial charge in [-0.05, 0) is 13.8 Å². The van der Waals surface area contributed by atoms with Crippen LogP contribution in [0.25, 0.3) is 0 Å². The van der Waals surface area contributed by atoms with E-state index in [-0.39, 0.29) is 13.1 Å². The van der Waals surface area contributed by atoms with Crippen molar-refractivity contribution in [2.45, 2.75) is 24.8 Å². The molecule has 0 aromatic carbocycles. The molecule has 0 radical (unpaired) electrons. The fraction of sp³-hybridized carbons (Fsp3) is 0.750. The third kappa shape index (κ3) is 3.61. The number of nitrogens with zero attached hydrogens (tertiary/aromatic N) is 2. The zero-order valence-corrected chi connectivity index (χ0v) is 10.4. The van der Waals surface area contributed by atoms with E-state index in [9.17, 15) is 9.59 Å². The van der Waals surface area contributed by atoms with E-state index in [1.165, 1.54) is 0 Å². The predicted octanol–water partition coefficient (Wildman–Crippen LogP) is 2.12. The molecule has 0 aliphatic heterocycles. The number of rotatable bonds is 5. The molecule has 0 saturated carbocycles. The lowest BCUT2D eigenvalue weighted by molar-refractivity contribution is 0.0550. The van der Waals surface area contributed by atoms with E-state index in [2.05, 4.69) is 0 Å².